The maximum absolute atomic E-state index is 12.8. The number of rotatable bonds is 5. The summed E-state index contributed by atoms with van der Waals surface area (Å²) in [5, 5.41) is 9.37. The third kappa shape index (κ3) is 3.43. The topological polar surface area (TPSA) is 67.5 Å². The van der Waals surface area contributed by atoms with Gasteiger partial charge in [0.15, 0.2) is 5.43 Å². The van der Waals surface area contributed by atoms with E-state index >= 15 is 0 Å². The van der Waals surface area contributed by atoms with Crippen LogP contribution in [0.25, 0.3) is 23.1 Å². The highest BCUT2D eigenvalue weighted by atomic mass is 16.4. The van der Waals surface area contributed by atoms with E-state index in [1.165, 1.54) is 18.2 Å². The Hall–Kier alpha value is -3.40. The molecule has 1 heterocycles. The smallest absolute Gasteiger partial charge is 0.335 e. The summed E-state index contributed by atoms with van der Waals surface area (Å²) in [7, 11) is 0. The molecule has 124 valence electrons. The fourth-order valence-electron chi connectivity index (χ4n) is 2.59. The van der Waals surface area contributed by atoms with Crippen molar-refractivity contribution < 1.29 is 14.3 Å². The van der Waals surface area contributed by atoms with Crippen LogP contribution in [0.5, 0.6) is 0 Å². The van der Waals surface area contributed by atoms with Crippen molar-refractivity contribution in [1.29, 1.82) is 0 Å². The number of hydrogen-bond acceptors (Lipinski definition) is 3. The largest absolute Gasteiger partial charge is 0.478 e. The van der Waals surface area contributed by atoms with Crippen LogP contribution in [0, 0.1) is 0 Å². The van der Waals surface area contributed by atoms with Crippen molar-refractivity contribution in [2.24, 2.45) is 0 Å². The maximum Gasteiger partial charge on any atom is 0.335 e. The highest BCUT2D eigenvalue weighted by Crippen LogP contribution is 2.20. The minimum Gasteiger partial charge on any atom is -0.478 e. The second kappa shape index (κ2) is 7.01. The first kappa shape index (κ1) is 16.5. The first-order valence-electron chi connectivity index (χ1n) is 7.77. The Balaban J connectivity index is 2.17. The average molecular weight is 332 g/mol. The minimum atomic E-state index is -1.08. The number of carboxylic acid groups (broad SMARTS) is 1. The molecule has 0 aliphatic carbocycles. The monoisotopic (exact) mass is 332 g/mol. The van der Waals surface area contributed by atoms with Gasteiger partial charge in [-0.3, -0.25) is 4.79 Å². The van der Waals surface area contributed by atoms with Gasteiger partial charge in [0.25, 0.3) is 0 Å². The van der Waals surface area contributed by atoms with Crippen LogP contribution in [0.4, 0.5) is 0 Å². The van der Waals surface area contributed by atoms with Crippen LogP contribution in [0.15, 0.2) is 70.4 Å². The van der Waals surface area contributed by atoms with Gasteiger partial charge >= 0.3 is 5.97 Å². The molecule has 0 amide bonds. The molecule has 0 radical (unpaired) electrons. The zero-order valence-electron chi connectivity index (χ0n) is 13.4. The molecule has 0 atom stereocenters. The number of carbonyl (C=O) groups is 1. The van der Waals surface area contributed by atoms with Gasteiger partial charge in [-0.15, -0.1) is 6.58 Å². The Bertz CT molecular complexity index is 1030. The van der Waals surface area contributed by atoms with Crippen molar-refractivity contribution in [3.63, 3.8) is 0 Å². The summed E-state index contributed by atoms with van der Waals surface area (Å²) >= 11 is 0. The second-order valence-corrected chi connectivity index (χ2v) is 5.53. The Labute approximate surface area is 144 Å². The molecule has 1 N–H and O–H groups in total. The van der Waals surface area contributed by atoms with Crippen LogP contribution in [0.3, 0.4) is 0 Å². The quantitative estimate of drug-likeness (QED) is 0.704. The molecule has 0 aliphatic heterocycles. The normalized spacial score (nSPS) is 11.0. The number of allylic oxidation sites excluding steroid dienone is 1. The summed E-state index contributed by atoms with van der Waals surface area (Å²) in [4.78, 5) is 23.9. The lowest BCUT2D eigenvalue weighted by atomic mass is 10.0. The van der Waals surface area contributed by atoms with Crippen LogP contribution < -0.4 is 5.43 Å². The van der Waals surface area contributed by atoms with E-state index < -0.39 is 5.97 Å². The van der Waals surface area contributed by atoms with E-state index in [4.69, 9.17) is 9.52 Å². The van der Waals surface area contributed by atoms with Crippen LogP contribution in [0.2, 0.25) is 0 Å². The van der Waals surface area contributed by atoms with Crippen molar-refractivity contribution in [3.05, 3.63) is 93.9 Å². The summed E-state index contributed by atoms with van der Waals surface area (Å²) in [5.74, 6) is -0.635. The van der Waals surface area contributed by atoms with Crippen LogP contribution >= 0.6 is 0 Å². The molecule has 0 fully saturated rings. The van der Waals surface area contributed by atoms with Gasteiger partial charge in [-0.25, -0.2) is 4.79 Å². The third-order valence-electron chi connectivity index (χ3n) is 3.84. The van der Waals surface area contributed by atoms with Crippen molar-refractivity contribution in [2.45, 2.75) is 6.42 Å². The zero-order chi connectivity index (χ0) is 17.8. The SMILES string of the molecule is C=CCc1c(/C=C\c2ccccc2)oc2ccc(C(=O)O)cc2c1=O. The summed E-state index contributed by atoms with van der Waals surface area (Å²) < 4.78 is 5.86. The molecule has 0 unspecified atom stereocenters. The highest BCUT2D eigenvalue weighted by molar-refractivity contribution is 5.93. The minimum absolute atomic E-state index is 0.0527. The van der Waals surface area contributed by atoms with Gasteiger partial charge in [-0.2, -0.15) is 0 Å². The van der Waals surface area contributed by atoms with Gasteiger partial charge in [-0.1, -0.05) is 42.5 Å². The molecule has 4 nitrogen and oxygen atoms in total. The van der Waals surface area contributed by atoms with Crippen LogP contribution in [-0.4, -0.2) is 11.1 Å². The zero-order valence-corrected chi connectivity index (χ0v) is 13.4. The second-order valence-electron chi connectivity index (χ2n) is 5.53. The Morgan fingerprint density at radius 2 is 1.88 bits per heavy atom. The van der Waals surface area contributed by atoms with Crippen molar-refractivity contribution in [2.75, 3.05) is 0 Å². The molecule has 3 aromatic rings. The molecule has 0 saturated heterocycles. The van der Waals surface area contributed by atoms with Gasteiger partial charge in [0.05, 0.1) is 10.9 Å². The molecule has 0 saturated carbocycles. The maximum atomic E-state index is 12.8. The molecular formula is C21H16O4. The van der Waals surface area contributed by atoms with Gasteiger partial charge in [0.1, 0.15) is 11.3 Å². The van der Waals surface area contributed by atoms with E-state index in [0.717, 1.165) is 5.56 Å². The molecule has 25 heavy (non-hydrogen) atoms. The standard InChI is InChI=1S/C21H16O4/c1-2-6-16-18(11-9-14-7-4-3-5-8-14)25-19-12-10-15(21(23)24)13-17(19)20(16)22/h2-5,7-13H,1,6H2,(H,23,24)/b11-9-. The molecular weight excluding hydrogens is 316 g/mol. The summed E-state index contributed by atoms with van der Waals surface area (Å²) in [6.45, 7) is 3.68. The van der Waals surface area contributed by atoms with Crippen LogP contribution in [-0.2, 0) is 6.42 Å². The summed E-state index contributed by atoms with van der Waals surface area (Å²) in [6, 6.07) is 14.0. The fourth-order valence-corrected chi connectivity index (χ4v) is 2.59. The average Bonchev–Trinajstić information content (AvgIpc) is 2.63. The molecule has 1 aromatic heterocycles. The molecule has 0 aliphatic rings. The number of fused-ring (bicyclic) bond motifs is 1. The summed E-state index contributed by atoms with van der Waals surface area (Å²) in [6.07, 6.45) is 5.57. The predicted octanol–water partition coefficient (Wildman–Crippen LogP) is 4.39. The van der Waals surface area contributed by atoms with E-state index in [1.807, 2.05) is 36.4 Å². The highest BCUT2D eigenvalue weighted by Gasteiger charge is 2.14. The lowest BCUT2D eigenvalue weighted by molar-refractivity contribution is 0.0697. The van der Waals surface area contributed by atoms with E-state index in [2.05, 4.69) is 6.58 Å². The first-order chi connectivity index (χ1) is 12.1. The fraction of sp³-hybridized carbons (Fsp3) is 0.0476. The Morgan fingerprint density at radius 1 is 1.12 bits per heavy atom. The van der Waals surface area contributed by atoms with Crippen molar-refractivity contribution in [1.82, 2.24) is 0 Å². The third-order valence-corrected chi connectivity index (χ3v) is 3.84. The lowest BCUT2D eigenvalue weighted by Crippen LogP contribution is -2.11. The Kier molecular flexibility index (Phi) is 4.61. The molecule has 2 aromatic carbocycles. The lowest BCUT2D eigenvalue weighted by Gasteiger charge is -2.06. The summed E-state index contributed by atoms with van der Waals surface area (Å²) in [5.41, 5.74) is 1.61. The van der Waals surface area contributed by atoms with Gasteiger partial charge in [-0.05, 0) is 36.3 Å². The molecule has 0 bridgehead atoms. The number of carboxylic acids is 1. The van der Waals surface area contributed by atoms with Gasteiger partial charge < -0.3 is 9.52 Å². The molecule has 0 spiro atoms. The van der Waals surface area contributed by atoms with E-state index in [0.29, 0.717) is 23.3 Å². The van der Waals surface area contributed by atoms with Crippen molar-refractivity contribution >= 4 is 29.1 Å². The molecule has 3 rings (SSSR count). The van der Waals surface area contributed by atoms with Gasteiger partial charge in [0.2, 0.25) is 0 Å². The van der Waals surface area contributed by atoms with E-state index in [1.54, 1.807) is 12.2 Å². The number of aromatic carboxylic acids is 1. The Morgan fingerprint density at radius 3 is 2.56 bits per heavy atom. The van der Waals surface area contributed by atoms with Crippen LogP contribution in [0.1, 0.15) is 27.2 Å². The van der Waals surface area contributed by atoms with Gasteiger partial charge in [0, 0.05) is 5.56 Å². The molecule has 4 heteroatoms. The predicted molar refractivity (Wildman–Crippen MR) is 98.7 cm³/mol. The van der Waals surface area contributed by atoms with Crippen molar-refractivity contribution in [3.8, 4) is 0 Å². The number of benzene rings is 2. The number of hydrogen-bond donors (Lipinski definition) is 1. The van der Waals surface area contributed by atoms with E-state index in [9.17, 15) is 9.59 Å². The first-order valence-corrected chi connectivity index (χ1v) is 7.77. The van der Waals surface area contributed by atoms with E-state index in [-0.39, 0.29) is 16.4 Å².